The van der Waals surface area contributed by atoms with Crippen LogP contribution in [0.5, 0.6) is 0 Å². The molecule has 2 rings (SSSR count). The van der Waals surface area contributed by atoms with Gasteiger partial charge in [-0.15, -0.1) is 0 Å². The van der Waals surface area contributed by atoms with Gasteiger partial charge in [0.25, 0.3) is 0 Å². The van der Waals surface area contributed by atoms with Crippen LogP contribution < -0.4 is 11.1 Å². The van der Waals surface area contributed by atoms with Gasteiger partial charge in [-0.1, -0.05) is 51.9 Å². The molecule has 0 heterocycles. The number of rotatable bonds is 6. The van der Waals surface area contributed by atoms with E-state index in [2.05, 4.69) is 17.2 Å². The van der Waals surface area contributed by atoms with Gasteiger partial charge in [-0.2, -0.15) is 0 Å². The van der Waals surface area contributed by atoms with Crippen LogP contribution in [0.3, 0.4) is 0 Å². The summed E-state index contributed by atoms with van der Waals surface area (Å²) in [5.41, 5.74) is 6.17. The minimum absolute atomic E-state index is 0.580. The van der Waals surface area contributed by atoms with E-state index in [0.29, 0.717) is 12.0 Å². The van der Waals surface area contributed by atoms with Gasteiger partial charge in [0.1, 0.15) is 0 Å². The number of unbranched alkanes of at least 4 members (excludes halogenated alkanes) is 1. The van der Waals surface area contributed by atoms with Gasteiger partial charge in [0, 0.05) is 12.6 Å². The minimum atomic E-state index is 0.580. The van der Waals surface area contributed by atoms with Gasteiger partial charge in [0.15, 0.2) is 5.96 Å². The fourth-order valence-corrected chi connectivity index (χ4v) is 4.18. The highest BCUT2D eigenvalue weighted by Gasteiger charge is 2.31. The molecule has 2 aliphatic carbocycles. The van der Waals surface area contributed by atoms with E-state index in [0.717, 1.165) is 24.8 Å². The van der Waals surface area contributed by atoms with Crippen LogP contribution in [0.4, 0.5) is 0 Å². The maximum absolute atomic E-state index is 6.17. The summed E-state index contributed by atoms with van der Waals surface area (Å²) in [4.78, 5) is 4.53. The highest BCUT2D eigenvalue weighted by Crippen LogP contribution is 2.35. The third-order valence-corrected chi connectivity index (χ3v) is 5.42. The normalized spacial score (nSPS) is 22.7. The van der Waals surface area contributed by atoms with Crippen LogP contribution in [0, 0.1) is 11.8 Å². The lowest BCUT2D eigenvalue weighted by Crippen LogP contribution is -2.49. The first-order chi connectivity index (χ1) is 10.3. The van der Waals surface area contributed by atoms with Gasteiger partial charge >= 0.3 is 0 Å². The fraction of sp³-hybridized carbons (Fsp3) is 0.944. The Balaban J connectivity index is 1.94. The molecule has 3 N–H and O–H groups in total. The summed E-state index contributed by atoms with van der Waals surface area (Å²) in [6.45, 7) is 3.07. The Morgan fingerprint density at radius 2 is 1.52 bits per heavy atom. The molecule has 0 spiro atoms. The van der Waals surface area contributed by atoms with Gasteiger partial charge in [-0.3, -0.25) is 4.99 Å². The van der Waals surface area contributed by atoms with E-state index < -0.39 is 0 Å². The average molecular weight is 293 g/mol. The topological polar surface area (TPSA) is 50.4 Å². The molecule has 2 aliphatic rings. The molecule has 0 aromatic carbocycles. The van der Waals surface area contributed by atoms with Crippen molar-refractivity contribution in [1.82, 2.24) is 5.32 Å². The summed E-state index contributed by atoms with van der Waals surface area (Å²) in [5, 5.41) is 3.64. The number of hydrogen-bond acceptors (Lipinski definition) is 1. The summed E-state index contributed by atoms with van der Waals surface area (Å²) in [7, 11) is 0. The highest BCUT2D eigenvalue weighted by molar-refractivity contribution is 5.78. The molecule has 0 aromatic heterocycles. The summed E-state index contributed by atoms with van der Waals surface area (Å²) in [6, 6.07) is 0.580. The van der Waals surface area contributed by atoms with Crippen LogP contribution in [-0.4, -0.2) is 18.5 Å². The molecular formula is C18H35N3. The molecule has 21 heavy (non-hydrogen) atoms. The Bertz CT molecular complexity index is 284. The predicted molar refractivity (Wildman–Crippen MR) is 91.5 cm³/mol. The van der Waals surface area contributed by atoms with Crippen molar-refractivity contribution in [2.45, 2.75) is 90.0 Å². The van der Waals surface area contributed by atoms with Crippen molar-refractivity contribution in [1.29, 1.82) is 0 Å². The van der Waals surface area contributed by atoms with Crippen molar-refractivity contribution < 1.29 is 0 Å². The standard InChI is InChI=1S/C18H35N3/c1-2-3-14-20-18(19)21-17(15-10-6-4-7-11-15)16-12-8-5-9-13-16/h15-17H,2-14H2,1H3,(H3,19,20,21). The second kappa shape index (κ2) is 9.32. The number of nitrogens with zero attached hydrogens (tertiary/aromatic N) is 1. The van der Waals surface area contributed by atoms with Crippen molar-refractivity contribution in [3.63, 3.8) is 0 Å². The van der Waals surface area contributed by atoms with Gasteiger partial charge in [-0.05, 0) is 43.9 Å². The third kappa shape index (κ3) is 5.52. The first-order valence-corrected chi connectivity index (χ1v) is 9.37. The van der Waals surface area contributed by atoms with E-state index in [1.807, 2.05) is 0 Å². The zero-order valence-corrected chi connectivity index (χ0v) is 13.9. The Morgan fingerprint density at radius 3 is 2.00 bits per heavy atom. The molecule has 2 fully saturated rings. The van der Waals surface area contributed by atoms with Crippen molar-refractivity contribution in [2.24, 2.45) is 22.6 Å². The van der Waals surface area contributed by atoms with E-state index in [9.17, 15) is 0 Å². The van der Waals surface area contributed by atoms with Gasteiger partial charge < -0.3 is 11.1 Å². The van der Waals surface area contributed by atoms with Crippen molar-refractivity contribution >= 4 is 5.96 Å². The Morgan fingerprint density at radius 1 is 1.00 bits per heavy atom. The second-order valence-electron chi connectivity index (χ2n) is 7.09. The van der Waals surface area contributed by atoms with Crippen LogP contribution in [0.1, 0.15) is 84.0 Å². The molecule has 0 amide bonds. The van der Waals surface area contributed by atoms with Gasteiger partial charge in [-0.25, -0.2) is 0 Å². The van der Waals surface area contributed by atoms with Crippen LogP contribution >= 0.6 is 0 Å². The first-order valence-electron chi connectivity index (χ1n) is 9.37. The monoisotopic (exact) mass is 293 g/mol. The Labute approximate surface area is 131 Å². The number of nitrogens with one attached hydrogen (secondary N) is 1. The largest absolute Gasteiger partial charge is 0.370 e. The fourth-order valence-electron chi connectivity index (χ4n) is 4.18. The summed E-state index contributed by atoms with van der Waals surface area (Å²) < 4.78 is 0. The van der Waals surface area contributed by atoms with Crippen LogP contribution in [-0.2, 0) is 0 Å². The zero-order chi connectivity index (χ0) is 14.9. The van der Waals surface area contributed by atoms with Crippen molar-refractivity contribution in [2.75, 3.05) is 6.54 Å². The Kier molecular flexibility index (Phi) is 7.38. The van der Waals surface area contributed by atoms with Gasteiger partial charge in [0.2, 0.25) is 0 Å². The van der Waals surface area contributed by atoms with E-state index in [1.54, 1.807) is 0 Å². The van der Waals surface area contributed by atoms with Crippen molar-refractivity contribution in [3.8, 4) is 0 Å². The summed E-state index contributed by atoms with van der Waals surface area (Å²) >= 11 is 0. The number of nitrogens with two attached hydrogens (primary N) is 1. The molecular weight excluding hydrogens is 258 g/mol. The molecule has 0 bridgehead atoms. The van der Waals surface area contributed by atoms with Crippen LogP contribution in [0.2, 0.25) is 0 Å². The van der Waals surface area contributed by atoms with Crippen molar-refractivity contribution in [3.05, 3.63) is 0 Å². The molecule has 0 aliphatic heterocycles. The molecule has 2 saturated carbocycles. The SMILES string of the molecule is CCCCN=C(N)NC(C1CCCCC1)C1CCCCC1. The predicted octanol–water partition coefficient (Wildman–Crippen LogP) is 4.22. The smallest absolute Gasteiger partial charge is 0.188 e. The quantitative estimate of drug-likeness (QED) is 0.437. The maximum Gasteiger partial charge on any atom is 0.188 e. The number of hydrogen-bond donors (Lipinski definition) is 2. The highest BCUT2D eigenvalue weighted by atomic mass is 15.1. The molecule has 122 valence electrons. The second-order valence-corrected chi connectivity index (χ2v) is 7.09. The molecule has 0 atom stereocenters. The molecule has 0 unspecified atom stereocenters. The zero-order valence-electron chi connectivity index (χ0n) is 13.9. The van der Waals surface area contributed by atoms with E-state index >= 15 is 0 Å². The number of aliphatic imine (C=N–C) groups is 1. The van der Waals surface area contributed by atoms with E-state index in [4.69, 9.17) is 5.73 Å². The van der Waals surface area contributed by atoms with Crippen LogP contribution in [0.15, 0.2) is 4.99 Å². The average Bonchev–Trinajstić information content (AvgIpc) is 2.54. The lowest BCUT2D eigenvalue weighted by molar-refractivity contribution is 0.189. The third-order valence-electron chi connectivity index (χ3n) is 5.42. The van der Waals surface area contributed by atoms with E-state index in [-0.39, 0.29) is 0 Å². The molecule has 0 aromatic rings. The first kappa shape index (κ1) is 16.6. The molecule has 0 radical (unpaired) electrons. The van der Waals surface area contributed by atoms with Gasteiger partial charge in [0.05, 0.1) is 0 Å². The molecule has 3 heteroatoms. The maximum atomic E-state index is 6.17. The summed E-state index contributed by atoms with van der Waals surface area (Å²) in [5.74, 6) is 2.34. The molecule has 3 nitrogen and oxygen atoms in total. The van der Waals surface area contributed by atoms with E-state index in [1.165, 1.54) is 70.6 Å². The number of guanidine groups is 1. The molecule has 0 saturated heterocycles. The Hall–Kier alpha value is -0.730. The lowest BCUT2D eigenvalue weighted by Gasteiger charge is -2.38. The lowest BCUT2D eigenvalue weighted by atomic mass is 9.74. The van der Waals surface area contributed by atoms with Crippen LogP contribution in [0.25, 0.3) is 0 Å². The minimum Gasteiger partial charge on any atom is -0.370 e. The summed E-state index contributed by atoms with van der Waals surface area (Å²) in [6.07, 6.45) is 16.3.